The highest BCUT2D eigenvalue weighted by Crippen LogP contribution is 2.19. The smallest absolute Gasteiger partial charge is 0.248 e. The molecule has 15 heavy (non-hydrogen) atoms. The SMILES string of the molecule is NC(=O)c1ccc(C2=CCNCC2)cc1. The summed E-state index contributed by atoms with van der Waals surface area (Å²) in [6.07, 6.45) is 3.22. The molecule has 0 atom stereocenters. The van der Waals surface area contributed by atoms with Crippen LogP contribution >= 0.6 is 0 Å². The van der Waals surface area contributed by atoms with E-state index in [-0.39, 0.29) is 5.91 Å². The average molecular weight is 202 g/mol. The van der Waals surface area contributed by atoms with E-state index in [4.69, 9.17) is 5.73 Å². The lowest BCUT2D eigenvalue weighted by molar-refractivity contribution is 0.100. The van der Waals surface area contributed by atoms with E-state index >= 15 is 0 Å². The van der Waals surface area contributed by atoms with Crippen LogP contribution in [0.4, 0.5) is 0 Å². The Balaban J connectivity index is 2.23. The maximum atomic E-state index is 10.9. The van der Waals surface area contributed by atoms with Gasteiger partial charge in [-0.2, -0.15) is 0 Å². The highest BCUT2D eigenvalue weighted by molar-refractivity contribution is 5.93. The van der Waals surface area contributed by atoms with Crippen molar-refractivity contribution in [1.82, 2.24) is 5.32 Å². The second kappa shape index (κ2) is 4.28. The van der Waals surface area contributed by atoms with Crippen molar-refractivity contribution in [2.24, 2.45) is 5.73 Å². The Bertz CT molecular complexity index is 393. The van der Waals surface area contributed by atoms with Crippen molar-refractivity contribution in [2.75, 3.05) is 13.1 Å². The molecule has 3 heteroatoms. The van der Waals surface area contributed by atoms with Crippen LogP contribution in [0.15, 0.2) is 30.3 Å². The third-order valence-electron chi connectivity index (χ3n) is 2.60. The molecule has 0 bridgehead atoms. The van der Waals surface area contributed by atoms with Crippen LogP contribution in [-0.4, -0.2) is 19.0 Å². The van der Waals surface area contributed by atoms with Crippen LogP contribution in [0.5, 0.6) is 0 Å². The molecule has 0 spiro atoms. The molecule has 1 aromatic carbocycles. The number of hydrogen-bond donors (Lipinski definition) is 2. The Morgan fingerprint density at radius 2 is 2.00 bits per heavy atom. The zero-order valence-corrected chi connectivity index (χ0v) is 8.49. The molecule has 1 aromatic rings. The minimum Gasteiger partial charge on any atom is -0.366 e. The van der Waals surface area contributed by atoms with Gasteiger partial charge in [-0.3, -0.25) is 4.79 Å². The fraction of sp³-hybridized carbons (Fsp3) is 0.250. The Kier molecular flexibility index (Phi) is 2.83. The van der Waals surface area contributed by atoms with Crippen LogP contribution in [0, 0.1) is 0 Å². The third kappa shape index (κ3) is 2.25. The van der Waals surface area contributed by atoms with Crippen molar-refractivity contribution < 1.29 is 4.79 Å². The first-order valence-electron chi connectivity index (χ1n) is 5.07. The summed E-state index contributed by atoms with van der Waals surface area (Å²) in [5, 5.41) is 3.26. The number of benzene rings is 1. The van der Waals surface area contributed by atoms with Gasteiger partial charge in [-0.25, -0.2) is 0 Å². The van der Waals surface area contributed by atoms with Gasteiger partial charge in [-0.05, 0) is 36.2 Å². The number of carbonyl (C=O) groups excluding carboxylic acids is 1. The van der Waals surface area contributed by atoms with E-state index in [1.807, 2.05) is 12.1 Å². The van der Waals surface area contributed by atoms with Crippen LogP contribution < -0.4 is 11.1 Å². The van der Waals surface area contributed by atoms with Gasteiger partial charge in [-0.15, -0.1) is 0 Å². The standard InChI is InChI=1S/C12H14N2O/c13-12(15)11-3-1-9(2-4-11)10-5-7-14-8-6-10/h1-5,14H,6-8H2,(H2,13,15). The molecular formula is C12H14N2O. The zero-order chi connectivity index (χ0) is 10.7. The number of nitrogens with one attached hydrogen (secondary N) is 1. The molecule has 1 aliphatic heterocycles. The van der Waals surface area contributed by atoms with E-state index < -0.39 is 0 Å². The van der Waals surface area contributed by atoms with Crippen LogP contribution in [0.1, 0.15) is 22.3 Å². The molecule has 2 rings (SSSR count). The van der Waals surface area contributed by atoms with E-state index in [2.05, 4.69) is 11.4 Å². The van der Waals surface area contributed by atoms with Crippen molar-refractivity contribution in [1.29, 1.82) is 0 Å². The molecule has 0 aromatic heterocycles. The van der Waals surface area contributed by atoms with E-state index in [9.17, 15) is 4.79 Å². The molecule has 3 nitrogen and oxygen atoms in total. The summed E-state index contributed by atoms with van der Waals surface area (Å²) < 4.78 is 0. The predicted octanol–water partition coefficient (Wildman–Crippen LogP) is 1.16. The van der Waals surface area contributed by atoms with Gasteiger partial charge in [0.05, 0.1) is 0 Å². The minimum absolute atomic E-state index is 0.374. The Hall–Kier alpha value is -1.61. The second-order valence-corrected chi connectivity index (χ2v) is 3.63. The molecule has 0 unspecified atom stereocenters. The lowest BCUT2D eigenvalue weighted by atomic mass is 9.99. The topological polar surface area (TPSA) is 55.1 Å². The lowest BCUT2D eigenvalue weighted by Gasteiger charge is -2.14. The summed E-state index contributed by atoms with van der Waals surface area (Å²) in [6, 6.07) is 7.47. The summed E-state index contributed by atoms with van der Waals surface area (Å²) >= 11 is 0. The molecule has 0 aliphatic carbocycles. The number of rotatable bonds is 2. The molecular weight excluding hydrogens is 188 g/mol. The number of primary amides is 1. The van der Waals surface area contributed by atoms with Crippen LogP contribution in [-0.2, 0) is 0 Å². The van der Waals surface area contributed by atoms with Crippen LogP contribution in [0.2, 0.25) is 0 Å². The minimum atomic E-state index is -0.374. The van der Waals surface area contributed by atoms with E-state index in [1.54, 1.807) is 12.1 Å². The molecule has 0 saturated carbocycles. The van der Waals surface area contributed by atoms with Gasteiger partial charge in [0.25, 0.3) is 0 Å². The third-order valence-corrected chi connectivity index (χ3v) is 2.60. The summed E-state index contributed by atoms with van der Waals surface area (Å²) in [6.45, 7) is 1.94. The van der Waals surface area contributed by atoms with Gasteiger partial charge >= 0.3 is 0 Å². The predicted molar refractivity (Wildman–Crippen MR) is 60.4 cm³/mol. The molecule has 0 radical (unpaired) electrons. The fourth-order valence-corrected chi connectivity index (χ4v) is 1.73. The zero-order valence-electron chi connectivity index (χ0n) is 8.49. The van der Waals surface area contributed by atoms with Crippen molar-refractivity contribution in [3.05, 3.63) is 41.5 Å². The van der Waals surface area contributed by atoms with Crippen molar-refractivity contribution in [3.8, 4) is 0 Å². The van der Waals surface area contributed by atoms with Gasteiger partial charge < -0.3 is 11.1 Å². The van der Waals surface area contributed by atoms with Crippen LogP contribution in [0.3, 0.4) is 0 Å². The Labute approximate surface area is 89.0 Å². The van der Waals surface area contributed by atoms with Crippen LogP contribution in [0.25, 0.3) is 5.57 Å². The first-order valence-corrected chi connectivity index (χ1v) is 5.07. The van der Waals surface area contributed by atoms with Gasteiger partial charge in [0, 0.05) is 12.1 Å². The monoisotopic (exact) mass is 202 g/mol. The molecule has 1 heterocycles. The molecule has 0 saturated heterocycles. The molecule has 78 valence electrons. The van der Waals surface area contributed by atoms with Crippen molar-refractivity contribution in [2.45, 2.75) is 6.42 Å². The first-order chi connectivity index (χ1) is 7.27. The number of carbonyl (C=O) groups is 1. The average Bonchev–Trinajstić information content (AvgIpc) is 2.30. The lowest BCUT2D eigenvalue weighted by Crippen LogP contribution is -2.20. The highest BCUT2D eigenvalue weighted by atomic mass is 16.1. The molecule has 1 aliphatic rings. The maximum absolute atomic E-state index is 10.9. The van der Waals surface area contributed by atoms with Gasteiger partial charge in [0.1, 0.15) is 0 Å². The van der Waals surface area contributed by atoms with Crippen molar-refractivity contribution >= 4 is 11.5 Å². The van der Waals surface area contributed by atoms with E-state index in [0.717, 1.165) is 19.5 Å². The summed E-state index contributed by atoms with van der Waals surface area (Å²) in [5.41, 5.74) is 8.26. The summed E-state index contributed by atoms with van der Waals surface area (Å²) in [5.74, 6) is -0.374. The summed E-state index contributed by atoms with van der Waals surface area (Å²) in [4.78, 5) is 10.9. The quantitative estimate of drug-likeness (QED) is 0.756. The normalized spacial score (nSPS) is 15.9. The molecule has 0 fully saturated rings. The molecule has 1 amide bonds. The number of nitrogens with two attached hydrogens (primary N) is 1. The first kappa shape index (κ1) is 9.93. The van der Waals surface area contributed by atoms with E-state index in [0.29, 0.717) is 5.56 Å². The number of hydrogen-bond acceptors (Lipinski definition) is 2. The summed E-state index contributed by atoms with van der Waals surface area (Å²) in [7, 11) is 0. The fourth-order valence-electron chi connectivity index (χ4n) is 1.73. The largest absolute Gasteiger partial charge is 0.366 e. The van der Waals surface area contributed by atoms with Gasteiger partial charge in [0.2, 0.25) is 5.91 Å². The second-order valence-electron chi connectivity index (χ2n) is 3.63. The Morgan fingerprint density at radius 3 is 2.53 bits per heavy atom. The maximum Gasteiger partial charge on any atom is 0.248 e. The van der Waals surface area contributed by atoms with Gasteiger partial charge in [-0.1, -0.05) is 18.2 Å². The van der Waals surface area contributed by atoms with E-state index in [1.165, 1.54) is 11.1 Å². The molecule has 3 N–H and O–H groups in total. The van der Waals surface area contributed by atoms with Gasteiger partial charge in [0.15, 0.2) is 0 Å². The highest BCUT2D eigenvalue weighted by Gasteiger charge is 2.06. The number of amides is 1. The Morgan fingerprint density at radius 1 is 1.27 bits per heavy atom. The van der Waals surface area contributed by atoms with Crippen molar-refractivity contribution in [3.63, 3.8) is 0 Å².